The van der Waals surface area contributed by atoms with Crippen molar-refractivity contribution in [1.29, 1.82) is 0 Å². The van der Waals surface area contributed by atoms with Gasteiger partial charge in [0.05, 0.1) is 6.10 Å². The molecule has 20 heavy (non-hydrogen) atoms. The van der Waals surface area contributed by atoms with Crippen molar-refractivity contribution >= 4 is 12.0 Å². The van der Waals surface area contributed by atoms with Crippen molar-refractivity contribution in [1.82, 2.24) is 10.2 Å². The zero-order valence-corrected chi connectivity index (χ0v) is 11.9. The normalized spacial score (nSPS) is 29.2. The number of aliphatic carboxylic acids is 1. The van der Waals surface area contributed by atoms with Crippen LogP contribution in [0.2, 0.25) is 0 Å². The maximum absolute atomic E-state index is 12.2. The van der Waals surface area contributed by atoms with Crippen molar-refractivity contribution in [3.63, 3.8) is 0 Å². The van der Waals surface area contributed by atoms with Crippen LogP contribution < -0.4 is 5.32 Å². The first-order valence-corrected chi connectivity index (χ1v) is 7.47. The Kier molecular flexibility index (Phi) is 4.86. The first-order valence-electron chi connectivity index (χ1n) is 7.47. The summed E-state index contributed by atoms with van der Waals surface area (Å²) in [5, 5.41) is 21.6. The minimum atomic E-state index is -1.05. The fourth-order valence-electron chi connectivity index (χ4n) is 3.30. The number of urea groups is 1. The van der Waals surface area contributed by atoms with Gasteiger partial charge < -0.3 is 20.4 Å². The molecule has 0 aromatic carbocycles. The minimum Gasteiger partial charge on any atom is -0.480 e. The number of carboxylic acids is 1. The summed E-state index contributed by atoms with van der Waals surface area (Å²) in [6, 6.07) is -1.23. The van der Waals surface area contributed by atoms with E-state index in [1.54, 1.807) is 0 Å². The highest BCUT2D eigenvalue weighted by Gasteiger charge is 2.39. The fraction of sp³-hybridized carbons (Fsp3) is 0.857. The van der Waals surface area contributed by atoms with Gasteiger partial charge in [0.1, 0.15) is 6.04 Å². The van der Waals surface area contributed by atoms with E-state index in [4.69, 9.17) is 5.11 Å². The number of β-amino-alcohol motifs (C(OH)–C–C–N with tert-alkyl or cyclic N) is 1. The standard InChI is InChI=1S/C14H24N2O4/c1-9(10-5-3-2-4-6-10)15-14(20)16-8-11(17)7-12(16)13(18)19/h9-12,17H,2-8H2,1H3,(H,15,20)(H,18,19). The Morgan fingerprint density at radius 3 is 2.50 bits per heavy atom. The van der Waals surface area contributed by atoms with Gasteiger partial charge in [-0.2, -0.15) is 0 Å². The molecule has 0 radical (unpaired) electrons. The van der Waals surface area contributed by atoms with Crippen molar-refractivity contribution in [3.8, 4) is 0 Å². The van der Waals surface area contributed by atoms with Gasteiger partial charge in [-0.1, -0.05) is 19.3 Å². The topological polar surface area (TPSA) is 89.9 Å². The zero-order chi connectivity index (χ0) is 14.7. The molecule has 0 bridgehead atoms. The van der Waals surface area contributed by atoms with E-state index < -0.39 is 18.1 Å². The average molecular weight is 284 g/mol. The average Bonchev–Trinajstić information content (AvgIpc) is 2.82. The van der Waals surface area contributed by atoms with Crippen LogP contribution in [0.3, 0.4) is 0 Å². The lowest BCUT2D eigenvalue weighted by Crippen LogP contribution is -2.50. The smallest absolute Gasteiger partial charge is 0.326 e. The third kappa shape index (κ3) is 3.42. The number of hydrogen-bond acceptors (Lipinski definition) is 3. The molecule has 1 aliphatic heterocycles. The Labute approximate surface area is 119 Å². The first-order chi connectivity index (χ1) is 9.49. The second kappa shape index (κ2) is 6.43. The van der Waals surface area contributed by atoms with E-state index in [0.717, 1.165) is 12.8 Å². The second-order valence-electron chi connectivity index (χ2n) is 6.03. The van der Waals surface area contributed by atoms with Crippen LogP contribution in [0.25, 0.3) is 0 Å². The van der Waals surface area contributed by atoms with Crippen LogP contribution in [0.4, 0.5) is 4.79 Å². The molecule has 6 heteroatoms. The highest BCUT2D eigenvalue weighted by atomic mass is 16.4. The molecular weight excluding hydrogens is 260 g/mol. The van der Waals surface area contributed by atoms with Crippen LogP contribution in [0.1, 0.15) is 45.4 Å². The van der Waals surface area contributed by atoms with Gasteiger partial charge >= 0.3 is 12.0 Å². The van der Waals surface area contributed by atoms with Gasteiger partial charge in [-0.3, -0.25) is 0 Å². The van der Waals surface area contributed by atoms with Crippen molar-refractivity contribution in [3.05, 3.63) is 0 Å². The molecule has 2 fully saturated rings. The van der Waals surface area contributed by atoms with Gasteiger partial charge in [-0.05, 0) is 25.7 Å². The SMILES string of the molecule is CC(NC(=O)N1CC(O)CC1C(=O)O)C1CCCCC1. The van der Waals surface area contributed by atoms with Crippen molar-refractivity contribution in [2.45, 2.75) is 63.6 Å². The molecule has 2 amide bonds. The van der Waals surface area contributed by atoms with Crippen LogP contribution in [0.15, 0.2) is 0 Å². The lowest BCUT2D eigenvalue weighted by atomic mass is 9.84. The van der Waals surface area contributed by atoms with Gasteiger partial charge in [0, 0.05) is 19.0 Å². The molecule has 3 atom stereocenters. The van der Waals surface area contributed by atoms with E-state index in [1.807, 2.05) is 6.92 Å². The maximum Gasteiger partial charge on any atom is 0.326 e. The van der Waals surface area contributed by atoms with Crippen LogP contribution in [0, 0.1) is 5.92 Å². The molecule has 3 unspecified atom stereocenters. The number of carbonyl (C=O) groups excluding carboxylic acids is 1. The molecule has 2 rings (SSSR count). The number of carboxylic acid groups (broad SMARTS) is 1. The van der Waals surface area contributed by atoms with E-state index in [9.17, 15) is 14.7 Å². The number of aliphatic hydroxyl groups excluding tert-OH is 1. The molecule has 2 aliphatic rings. The fourth-order valence-corrected chi connectivity index (χ4v) is 3.30. The molecule has 6 nitrogen and oxygen atoms in total. The van der Waals surface area contributed by atoms with Gasteiger partial charge in [-0.25, -0.2) is 9.59 Å². The van der Waals surface area contributed by atoms with Gasteiger partial charge in [0.25, 0.3) is 0 Å². The number of carbonyl (C=O) groups is 2. The highest BCUT2D eigenvalue weighted by molar-refractivity contribution is 5.83. The summed E-state index contributed by atoms with van der Waals surface area (Å²) in [6.45, 7) is 2.08. The van der Waals surface area contributed by atoms with Crippen LogP contribution >= 0.6 is 0 Å². The molecule has 3 N–H and O–H groups in total. The maximum atomic E-state index is 12.2. The molecule has 0 aromatic rings. The van der Waals surface area contributed by atoms with Crippen molar-refractivity contribution < 1.29 is 19.8 Å². The lowest BCUT2D eigenvalue weighted by Gasteiger charge is -2.30. The predicted molar refractivity (Wildman–Crippen MR) is 73.3 cm³/mol. The Hall–Kier alpha value is -1.30. The second-order valence-corrected chi connectivity index (χ2v) is 6.03. The minimum absolute atomic E-state index is 0.0509. The van der Waals surface area contributed by atoms with Crippen LogP contribution in [0.5, 0.6) is 0 Å². The summed E-state index contributed by atoms with van der Waals surface area (Å²) in [6.07, 6.45) is 5.26. The van der Waals surface area contributed by atoms with Crippen molar-refractivity contribution in [2.24, 2.45) is 5.92 Å². The Morgan fingerprint density at radius 2 is 1.90 bits per heavy atom. The Bertz CT molecular complexity index is 368. The number of aliphatic hydroxyl groups is 1. The molecule has 114 valence electrons. The number of hydrogen-bond donors (Lipinski definition) is 3. The molecule has 1 saturated carbocycles. The van der Waals surface area contributed by atoms with Crippen LogP contribution in [-0.4, -0.2) is 51.8 Å². The number of nitrogens with one attached hydrogen (secondary N) is 1. The lowest BCUT2D eigenvalue weighted by molar-refractivity contribution is -0.141. The summed E-state index contributed by atoms with van der Waals surface area (Å²) in [4.78, 5) is 24.6. The van der Waals surface area contributed by atoms with Gasteiger partial charge in [0.2, 0.25) is 0 Å². The molecule has 1 heterocycles. The first kappa shape index (κ1) is 15.1. The largest absolute Gasteiger partial charge is 0.480 e. The monoisotopic (exact) mass is 284 g/mol. The predicted octanol–water partition coefficient (Wildman–Crippen LogP) is 1.18. The molecular formula is C14H24N2O4. The van der Waals surface area contributed by atoms with E-state index in [-0.39, 0.29) is 25.0 Å². The van der Waals surface area contributed by atoms with Crippen molar-refractivity contribution in [2.75, 3.05) is 6.54 Å². The van der Waals surface area contributed by atoms with E-state index in [2.05, 4.69) is 5.32 Å². The third-order valence-corrected chi connectivity index (χ3v) is 4.53. The molecule has 1 saturated heterocycles. The number of rotatable bonds is 3. The zero-order valence-electron chi connectivity index (χ0n) is 11.9. The summed E-state index contributed by atoms with van der Waals surface area (Å²) < 4.78 is 0. The number of nitrogens with zero attached hydrogens (tertiary/aromatic N) is 1. The third-order valence-electron chi connectivity index (χ3n) is 4.53. The summed E-state index contributed by atoms with van der Waals surface area (Å²) in [5.41, 5.74) is 0. The number of amides is 2. The Morgan fingerprint density at radius 1 is 1.25 bits per heavy atom. The van der Waals surface area contributed by atoms with Gasteiger partial charge in [-0.15, -0.1) is 0 Å². The quantitative estimate of drug-likeness (QED) is 0.726. The van der Waals surface area contributed by atoms with Crippen LogP contribution in [-0.2, 0) is 4.79 Å². The van der Waals surface area contributed by atoms with Gasteiger partial charge in [0.15, 0.2) is 0 Å². The number of likely N-dealkylation sites (tertiary alicyclic amines) is 1. The summed E-state index contributed by atoms with van der Waals surface area (Å²) in [5.74, 6) is -0.578. The Balaban J connectivity index is 1.91. The molecule has 1 aliphatic carbocycles. The van der Waals surface area contributed by atoms with E-state index in [0.29, 0.717) is 5.92 Å². The van der Waals surface area contributed by atoms with E-state index in [1.165, 1.54) is 24.2 Å². The molecule has 0 spiro atoms. The molecule has 0 aromatic heterocycles. The summed E-state index contributed by atoms with van der Waals surface area (Å²) >= 11 is 0. The highest BCUT2D eigenvalue weighted by Crippen LogP contribution is 2.27. The summed E-state index contributed by atoms with van der Waals surface area (Å²) in [7, 11) is 0. The van der Waals surface area contributed by atoms with E-state index >= 15 is 0 Å².